The normalized spacial score (nSPS) is 16.5. The van der Waals surface area contributed by atoms with Crippen LogP contribution in [-0.4, -0.2) is 11.5 Å². The van der Waals surface area contributed by atoms with Crippen LogP contribution in [0.5, 0.6) is 0 Å². The third-order valence-corrected chi connectivity index (χ3v) is 4.02. The standard InChI is InChI=1S/C14H24N2S/c1-5-15-9-11-13(10-6-7-10)16-12(17-11)8-14(2,3)4/h10,15H,5-9H2,1-4H3. The molecule has 0 radical (unpaired) electrons. The zero-order valence-electron chi connectivity index (χ0n) is 11.5. The van der Waals surface area contributed by atoms with Gasteiger partial charge in [-0.3, -0.25) is 0 Å². The fraction of sp³-hybridized carbons (Fsp3) is 0.786. The van der Waals surface area contributed by atoms with Crippen molar-refractivity contribution in [3.05, 3.63) is 15.6 Å². The second kappa shape index (κ2) is 5.07. The molecule has 0 aromatic carbocycles. The first-order valence-corrected chi connectivity index (χ1v) is 7.50. The highest BCUT2D eigenvalue weighted by molar-refractivity contribution is 7.11. The monoisotopic (exact) mass is 252 g/mol. The van der Waals surface area contributed by atoms with E-state index in [-0.39, 0.29) is 0 Å². The third-order valence-electron chi connectivity index (χ3n) is 2.95. The number of hydrogen-bond acceptors (Lipinski definition) is 3. The molecule has 1 aliphatic rings. The fourth-order valence-electron chi connectivity index (χ4n) is 1.98. The van der Waals surface area contributed by atoms with Crippen molar-refractivity contribution in [2.45, 2.75) is 59.4 Å². The summed E-state index contributed by atoms with van der Waals surface area (Å²) in [6.45, 7) is 11.1. The Hall–Kier alpha value is -0.410. The maximum Gasteiger partial charge on any atom is 0.0936 e. The van der Waals surface area contributed by atoms with E-state index in [0.717, 1.165) is 25.4 Å². The smallest absolute Gasteiger partial charge is 0.0936 e. The highest BCUT2D eigenvalue weighted by atomic mass is 32.1. The molecule has 0 aliphatic heterocycles. The lowest BCUT2D eigenvalue weighted by Gasteiger charge is -2.15. The lowest BCUT2D eigenvalue weighted by atomic mass is 9.93. The van der Waals surface area contributed by atoms with E-state index in [4.69, 9.17) is 4.98 Å². The van der Waals surface area contributed by atoms with Gasteiger partial charge in [0.25, 0.3) is 0 Å². The van der Waals surface area contributed by atoms with E-state index in [2.05, 4.69) is 33.0 Å². The van der Waals surface area contributed by atoms with Crippen molar-refractivity contribution < 1.29 is 0 Å². The van der Waals surface area contributed by atoms with Gasteiger partial charge in [0.05, 0.1) is 10.7 Å². The van der Waals surface area contributed by atoms with Crippen LogP contribution in [0.1, 0.15) is 62.0 Å². The Kier molecular flexibility index (Phi) is 3.88. The fourth-order valence-corrected chi connectivity index (χ4v) is 3.41. The van der Waals surface area contributed by atoms with Gasteiger partial charge >= 0.3 is 0 Å². The summed E-state index contributed by atoms with van der Waals surface area (Å²) < 4.78 is 0. The Morgan fingerprint density at radius 3 is 2.59 bits per heavy atom. The van der Waals surface area contributed by atoms with Gasteiger partial charge in [-0.15, -0.1) is 11.3 Å². The number of aromatic nitrogens is 1. The van der Waals surface area contributed by atoms with E-state index < -0.39 is 0 Å². The van der Waals surface area contributed by atoms with E-state index in [1.165, 1.54) is 28.4 Å². The molecule has 1 N–H and O–H groups in total. The van der Waals surface area contributed by atoms with Gasteiger partial charge in [0, 0.05) is 23.8 Å². The van der Waals surface area contributed by atoms with Crippen LogP contribution in [0, 0.1) is 5.41 Å². The van der Waals surface area contributed by atoms with Gasteiger partial charge in [0.2, 0.25) is 0 Å². The van der Waals surface area contributed by atoms with E-state index in [1.54, 1.807) is 0 Å². The number of thiazole rings is 1. The lowest BCUT2D eigenvalue weighted by molar-refractivity contribution is 0.410. The molecule has 1 aliphatic carbocycles. The topological polar surface area (TPSA) is 24.9 Å². The molecule has 96 valence electrons. The number of nitrogens with zero attached hydrogens (tertiary/aromatic N) is 1. The van der Waals surface area contributed by atoms with Crippen LogP contribution < -0.4 is 5.32 Å². The molecule has 1 fully saturated rings. The molecule has 3 heteroatoms. The summed E-state index contributed by atoms with van der Waals surface area (Å²) >= 11 is 1.92. The van der Waals surface area contributed by atoms with E-state index in [9.17, 15) is 0 Å². The predicted molar refractivity (Wildman–Crippen MR) is 74.6 cm³/mol. The van der Waals surface area contributed by atoms with Gasteiger partial charge in [-0.1, -0.05) is 27.7 Å². The van der Waals surface area contributed by atoms with E-state index in [0.29, 0.717) is 5.41 Å². The average Bonchev–Trinajstić information content (AvgIpc) is 2.97. The van der Waals surface area contributed by atoms with Gasteiger partial charge in [0.15, 0.2) is 0 Å². The second-order valence-electron chi connectivity index (χ2n) is 6.21. The minimum Gasteiger partial charge on any atom is -0.312 e. The first-order valence-electron chi connectivity index (χ1n) is 6.69. The molecule has 0 amide bonds. The minimum absolute atomic E-state index is 0.341. The number of rotatable bonds is 5. The summed E-state index contributed by atoms with van der Waals surface area (Å²) in [4.78, 5) is 6.37. The summed E-state index contributed by atoms with van der Waals surface area (Å²) in [6, 6.07) is 0. The molecule has 1 saturated carbocycles. The molecule has 1 aromatic heterocycles. The molecule has 0 spiro atoms. The summed E-state index contributed by atoms with van der Waals surface area (Å²) in [5.74, 6) is 0.772. The van der Waals surface area contributed by atoms with Crippen LogP contribution in [0.3, 0.4) is 0 Å². The van der Waals surface area contributed by atoms with Gasteiger partial charge in [-0.2, -0.15) is 0 Å². The van der Waals surface area contributed by atoms with Crippen molar-refractivity contribution >= 4 is 11.3 Å². The summed E-state index contributed by atoms with van der Waals surface area (Å²) in [7, 11) is 0. The SMILES string of the molecule is CCNCc1sc(CC(C)(C)C)nc1C1CC1. The number of hydrogen-bond donors (Lipinski definition) is 1. The van der Waals surface area contributed by atoms with Crippen LogP contribution in [0.15, 0.2) is 0 Å². The van der Waals surface area contributed by atoms with Gasteiger partial charge in [-0.25, -0.2) is 4.98 Å². The highest BCUT2D eigenvalue weighted by Gasteiger charge is 2.30. The Bertz CT molecular complexity index is 372. The lowest BCUT2D eigenvalue weighted by Crippen LogP contribution is -2.11. The predicted octanol–water partition coefficient (Wildman–Crippen LogP) is 3.72. The van der Waals surface area contributed by atoms with Gasteiger partial charge in [-0.05, 0) is 24.8 Å². The molecular weight excluding hydrogens is 228 g/mol. The number of nitrogens with one attached hydrogen (secondary N) is 1. The molecular formula is C14H24N2S. The maximum atomic E-state index is 4.89. The van der Waals surface area contributed by atoms with Crippen molar-refractivity contribution in [3.8, 4) is 0 Å². The molecule has 2 nitrogen and oxygen atoms in total. The molecule has 0 atom stereocenters. The highest BCUT2D eigenvalue weighted by Crippen LogP contribution is 2.43. The zero-order chi connectivity index (χ0) is 12.5. The third kappa shape index (κ3) is 3.78. The molecule has 0 unspecified atom stereocenters. The van der Waals surface area contributed by atoms with Crippen molar-refractivity contribution in [3.63, 3.8) is 0 Å². The maximum absolute atomic E-state index is 4.89. The Morgan fingerprint density at radius 2 is 2.06 bits per heavy atom. The second-order valence-corrected chi connectivity index (χ2v) is 7.38. The van der Waals surface area contributed by atoms with E-state index in [1.807, 2.05) is 11.3 Å². The summed E-state index contributed by atoms with van der Waals surface area (Å²) in [6.07, 6.45) is 3.79. The van der Waals surface area contributed by atoms with Crippen LogP contribution in [0.25, 0.3) is 0 Å². The largest absolute Gasteiger partial charge is 0.312 e. The molecule has 0 bridgehead atoms. The van der Waals surface area contributed by atoms with Crippen LogP contribution >= 0.6 is 11.3 Å². The van der Waals surface area contributed by atoms with Crippen LogP contribution in [0.2, 0.25) is 0 Å². The van der Waals surface area contributed by atoms with Gasteiger partial charge in [0.1, 0.15) is 0 Å². The van der Waals surface area contributed by atoms with Crippen molar-refractivity contribution in [1.82, 2.24) is 10.3 Å². The van der Waals surface area contributed by atoms with Crippen LogP contribution in [0.4, 0.5) is 0 Å². The first-order chi connectivity index (χ1) is 7.99. The van der Waals surface area contributed by atoms with Crippen molar-refractivity contribution in [2.24, 2.45) is 5.41 Å². The first kappa shape index (κ1) is 13.0. The molecule has 2 rings (SSSR count). The van der Waals surface area contributed by atoms with Gasteiger partial charge < -0.3 is 5.32 Å². The molecule has 1 heterocycles. The molecule has 1 aromatic rings. The molecule has 17 heavy (non-hydrogen) atoms. The molecule has 0 saturated heterocycles. The zero-order valence-corrected chi connectivity index (χ0v) is 12.3. The summed E-state index contributed by atoms with van der Waals surface area (Å²) in [5.41, 5.74) is 1.74. The quantitative estimate of drug-likeness (QED) is 0.864. The summed E-state index contributed by atoms with van der Waals surface area (Å²) in [5, 5.41) is 4.76. The minimum atomic E-state index is 0.341. The van der Waals surface area contributed by atoms with Crippen LogP contribution in [-0.2, 0) is 13.0 Å². The van der Waals surface area contributed by atoms with E-state index >= 15 is 0 Å². The Morgan fingerprint density at radius 1 is 1.35 bits per heavy atom. The Labute approximate surface area is 109 Å². The Balaban J connectivity index is 2.12. The average molecular weight is 252 g/mol. The van der Waals surface area contributed by atoms with Crippen molar-refractivity contribution in [2.75, 3.05) is 6.54 Å². The van der Waals surface area contributed by atoms with Crippen molar-refractivity contribution in [1.29, 1.82) is 0 Å².